The van der Waals surface area contributed by atoms with Gasteiger partial charge in [0.1, 0.15) is 4.99 Å². The Morgan fingerprint density at radius 2 is 1.41 bits per heavy atom. The van der Waals surface area contributed by atoms with Gasteiger partial charge in [-0.3, -0.25) is 0 Å². The fourth-order valence-electron chi connectivity index (χ4n) is 1.12. The molecule has 0 fully saturated rings. The molecule has 0 aliphatic rings. The number of hydrogen-bond acceptors (Lipinski definition) is 2. The summed E-state index contributed by atoms with van der Waals surface area (Å²) in [7, 11) is 0. The predicted octanol–water partition coefficient (Wildman–Crippen LogP) is 2.88. The first-order valence-corrected chi connectivity index (χ1v) is 5.45. The van der Waals surface area contributed by atoms with Crippen LogP contribution in [0.2, 0.25) is 0 Å². The highest BCUT2D eigenvalue weighted by atomic mass is 32.1. The van der Waals surface area contributed by atoms with Crippen molar-refractivity contribution in [2.24, 2.45) is 5.73 Å². The molecule has 2 aromatic rings. The minimum absolute atomic E-state index is 0.454. The maximum absolute atomic E-state index is 8.29. The van der Waals surface area contributed by atoms with E-state index < -0.39 is 0 Å². The number of thiocarbonyl (C=S) groups is 1. The molecule has 0 atom stereocenters. The summed E-state index contributed by atoms with van der Waals surface area (Å²) in [5.41, 5.74) is 6.98. The number of nitriles is 1. The molecule has 17 heavy (non-hydrogen) atoms. The molecule has 0 amide bonds. The molecule has 84 valence electrons. The molecule has 0 radical (unpaired) electrons. The van der Waals surface area contributed by atoms with Crippen LogP contribution >= 0.6 is 12.2 Å². The summed E-state index contributed by atoms with van der Waals surface area (Å²) in [6.45, 7) is 0. The van der Waals surface area contributed by atoms with Gasteiger partial charge in [0, 0.05) is 5.56 Å². The summed E-state index contributed by atoms with van der Waals surface area (Å²) in [5, 5.41) is 8.29. The Morgan fingerprint density at radius 1 is 0.941 bits per heavy atom. The summed E-state index contributed by atoms with van der Waals surface area (Å²) in [4.78, 5) is 0.454. The van der Waals surface area contributed by atoms with Crippen LogP contribution in [0.5, 0.6) is 0 Å². The van der Waals surface area contributed by atoms with Gasteiger partial charge in [-0.25, -0.2) is 0 Å². The van der Waals surface area contributed by atoms with E-state index in [9.17, 15) is 0 Å². The summed E-state index contributed by atoms with van der Waals surface area (Å²) in [6.07, 6.45) is 0. The Morgan fingerprint density at radius 3 is 1.71 bits per heavy atom. The molecule has 0 aromatic heterocycles. The molecule has 0 saturated carbocycles. The van der Waals surface area contributed by atoms with E-state index in [0.717, 1.165) is 5.56 Å². The molecule has 2 nitrogen and oxygen atoms in total. The molecule has 2 rings (SSSR count). The largest absolute Gasteiger partial charge is 0.389 e. The van der Waals surface area contributed by atoms with E-state index in [2.05, 4.69) is 0 Å². The minimum Gasteiger partial charge on any atom is -0.389 e. The van der Waals surface area contributed by atoms with E-state index in [1.165, 1.54) is 0 Å². The van der Waals surface area contributed by atoms with Crippen LogP contribution < -0.4 is 5.73 Å². The minimum atomic E-state index is 0.454. The Labute approximate surface area is 106 Å². The third-order valence-electron chi connectivity index (χ3n) is 1.96. The van der Waals surface area contributed by atoms with Crippen molar-refractivity contribution in [2.75, 3.05) is 0 Å². The molecule has 3 heteroatoms. The van der Waals surface area contributed by atoms with Crippen LogP contribution in [0.3, 0.4) is 0 Å². The highest BCUT2D eigenvalue weighted by Crippen LogP contribution is 1.96. The number of nitrogens with two attached hydrogens (primary N) is 1. The van der Waals surface area contributed by atoms with Crippen molar-refractivity contribution < 1.29 is 0 Å². The summed E-state index contributed by atoms with van der Waals surface area (Å²) >= 11 is 4.74. The highest BCUT2D eigenvalue weighted by Gasteiger charge is 1.89. The fourth-order valence-corrected chi connectivity index (χ4v) is 1.25. The smallest absolute Gasteiger partial charge is 0.103 e. The van der Waals surface area contributed by atoms with E-state index in [1.807, 2.05) is 54.6 Å². The average Bonchev–Trinajstić information content (AvgIpc) is 2.41. The van der Waals surface area contributed by atoms with Crippen molar-refractivity contribution in [3.63, 3.8) is 0 Å². The lowest BCUT2D eigenvalue weighted by Gasteiger charge is -1.92. The molecule has 0 spiro atoms. The Bertz CT molecular complexity index is 501. The Kier molecular flexibility index (Phi) is 5.42. The molecule has 0 bridgehead atoms. The van der Waals surface area contributed by atoms with Gasteiger partial charge in [-0.1, -0.05) is 60.7 Å². The van der Waals surface area contributed by atoms with Crippen molar-refractivity contribution in [3.05, 3.63) is 71.8 Å². The van der Waals surface area contributed by atoms with Crippen LogP contribution in [0.25, 0.3) is 0 Å². The van der Waals surface area contributed by atoms with Crippen LogP contribution in [-0.4, -0.2) is 4.99 Å². The van der Waals surface area contributed by atoms with Crippen molar-refractivity contribution >= 4 is 17.2 Å². The average molecular weight is 240 g/mol. The van der Waals surface area contributed by atoms with Gasteiger partial charge in [0.2, 0.25) is 0 Å². The zero-order valence-corrected chi connectivity index (χ0v) is 10.0. The zero-order chi connectivity index (χ0) is 12.5. The quantitative estimate of drug-likeness (QED) is 0.780. The second-order valence-electron chi connectivity index (χ2n) is 3.21. The van der Waals surface area contributed by atoms with Gasteiger partial charge in [-0.05, 0) is 12.1 Å². The summed E-state index contributed by atoms with van der Waals surface area (Å²) in [5.74, 6) is 0. The van der Waals surface area contributed by atoms with Gasteiger partial charge in [-0.2, -0.15) is 5.26 Å². The van der Waals surface area contributed by atoms with Crippen molar-refractivity contribution in [3.8, 4) is 6.07 Å². The molecular weight excluding hydrogens is 228 g/mol. The van der Waals surface area contributed by atoms with E-state index in [-0.39, 0.29) is 0 Å². The number of rotatable bonds is 1. The monoisotopic (exact) mass is 240 g/mol. The maximum Gasteiger partial charge on any atom is 0.103 e. The predicted molar refractivity (Wildman–Crippen MR) is 73.5 cm³/mol. The van der Waals surface area contributed by atoms with Crippen LogP contribution in [0.4, 0.5) is 0 Å². The molecular formula is C14H12N2S. The molecule has 2 N–H and O–H groups in total. The Hall–Kier alpha value is -2.18. The topological polar surface area (TPSA) is 49.8 Å². The highest BCUT2D eigenvalue weighted by molar-refractivity contribution is 7.80. The zero-order valence-electron chi connectivity index (χ0n) is 9.21. The van der Waals surface area contributed by atoms with Crippen molar-refractivity contribution in [1.82, 2.24) is 0 Å². The van der Waals surface area contributed by atoms with Gasteiger partial charge >= 0.3 is 0 Å². The van der Waals surface area contributed by atoms with Crippen LogP contribution in [0.15, 0.2) is 60.7 Å². The second kappa shape index (κ2) is 7.15. The maximum atomic E-state index is 8.29. The first kappa shape index (κ1) is 12.9. The Balaban J connectivity index is 0.000000171. The number of benzene rings is 2. The number of nitrogens with zero attached hydrogens (tertiary/aromatic N) is 1. The lowest BCUT2D eigenvalue weighted by atomic mass is 10.2. The molecule has 0 unspecified atom stereocenters. The molecule has 2 aromatic carbocycles. The van der Waals surface area contributed by atoms with Gasteiger partial charge in [0.25, 0.3) is 0 Å². The fraction of sp³-hybridized carbons (Fsp3) is 0. The van der Waals surface area contributed by atoms with Crippen LogP contribution in [0.1, 0.15) is 11.1 Å². The van der Waals surface area contributed by atoms with Gasteiger partial charge < -0.3 is 5.73 Å². The van der Waals surface area contributed by atoms with Gasteiger partial charge in [-0.15, -0.1) is 0 Å². The third-order valence-corrected chi connectivity index (χ3v) is 2.20. The molecule has 0 saturated heterocycles. The normalized spacial score (nSPS) is 8.41. The third kappa shape index (κ3) is 4.92. The van der Waals surface area contributed by atoms with Crippen LogP contribution in [-0.2, 0) is 0 Å². The molecule has 0 aliphatic carbocycles. The molecule has 0 aliphatic heterocycles. The standard InChI is InChI=1S/C7H7NS.C7H5N/c8-7(9)6-4-2-1-3-5-6;8-6-7-4-2-1-3-5-7/h1-5H,(H2,8,9);1-5H. The van der Waals surface area contributed by atoms with E-state index in [4.69, 9.17) is 23.2 Å². The van der Waals surface area contributed by atoms with Gasteiger partial charge in [0.15, 0.2) is 0 Å². The van der Waals surface area contributed by atoms with E-state index >= 15 is 0 Å². The SMILES string of the molecule is N#Cc1ccccc1.NC(=S)c1ccccc1. The van der Waals surface area contributed by atoms with Gasteiger partial charge in [0.05, 0.1) is 11.6 Å². The first-order valence-electron chi connectivity index (χ1n) is 5.04. The van der Waals surface area contributed by atoms with E-state index in [1.54, 1.807) is 12.1 Å². The van der Waals surface area contributed by atoms with Crippen molar-refractivity contribution in [2.45, 2.75) is 0 Å². The summed E-state index contributed by atoms with van der Waals surface area (Å²) < 4.78 is 0. The molecule has 0 heterocycles. The lowest BCUT2D eigenvalue weighted by molar-refractivity contribution is 1.49. The summed E-state index contributed by atoms with van der Waals surface area (Å²) in [6, 6.07) is 20.7. The second-order valence-corrected chi connectivity index (χ2v) is 3.65. The van der Waals surface area contributed by atoms with Crippen LogP contribution in [0, 0.1) is 11.3 Å². The lowest BCUT2D eigenvalue weighted by Crippen LogP contribution is -2.08. The first-order chi connectivity index (χ1) is 8.24. The van der Waals surface area contributed by atoms with Crippen molar-refractivity contribution in [1.29, 1.82) is 5.26 Å². The van der Waals surface area contributed by atoms with E-state index in [0.29, 0.717) is 10.6 Å². The number of hydrogen-bond donors (Lipinski definition) is 1.